The van der Waals surface area contributed by atoms with Crippen molar-refractivity contribution in [3.8, 4) is 0 Å². The topological polar surface area (TPSA) is 120 Å². The number of carbonyl (C=O) groups excluding carboxylic acids is 1. The molecule has 162 valence electrons. The van der Waals surface area contributed by atoms with Gasteiger partial charge in [-0.2, -0.15) is 9.61 Å². The third kappa shape index (κ3) is 3.76. The molecule has 0 unspecified atom stereocenters. The number of nitrogens with zero attached hydrogens (tertiary/aromatic N) is 8. The van der Waals surface area contributed by atoms with Gasteiger partial charge in [0.1, 0.15) is 17.7 Å². The van der Waals surface area contributed by atoms with Crippen molar-refractivity contribution >= 4 is 28.4 Å². The highest BCUT2D eigenvalue weighted by molar-refractivity contribution is 5.92. The molecule has 0 aliphatic rings. The van der Waals surface area contributed by atoms with Crippen LogP contribution in [0.15, 0.2) is 18.5 Å². The SMILES string of the molecule is C[C@@H](CCCc1nc2c3cc(F)cc(F)c3nc(N)n2n1)N(C)C(=O)c1ncnn1C. The molecule has 0 bridgehead atoms. The van der Waals surface area contributed by atoms with Crippen LogP contribution in [0.25, 0.3) is 16.6 Å². The van der Waals surface area contributed by atoms with Crippen LogP contribution in [0.4, 0.5) is 14.7 Å². The van der Waals surface area contributed by atoms with Gasteiger partial charge in [-0.1, -0.05) is 0 Å². The molecule has 3 heterocycles. The fourth-order valence-corrected chi connectivity index (χ4v) is 3.40. The lowest BCUT2D eigenvalue weighted by Crippen LogP contribution is -2.36. The molecule has 10 nitrogen and oxygen atoms in total. The molecule has 1 atom stereocenters. The second kappa shape index (κ2) is 7.85. The van der Waals surface area contributed by atoms with Gasteiger partial charge in [-0.15, -0.1) is 5.10 Å². The Morgan fingerprint density at radius 2 is 2.06 bits per heavy atom. The molecule has 4 aromatic rings. The van der Waals surface area contributed by atoms with Crippen molar-refractivity contribution in [1.29, 1.82) is 0 Å². The molecule has 4 rings (SSSR count). The van der Waals surface area contributed by atoms with Gasteiger partial charge < -0.3 is 10.6 Å². The van der Waals surface area contributed by atoms with Crippen LogP contribution < -0.4 is 5.73 Å². The van der Waals surface area contributed by atoms with E-state index in [2.05, 4.69) is 25.1 Å². The number of hydrogen-bond acceptors (Lipinski definition) is 7. The molecule has 0 spiro atoms. The molecule has 0 aliphatic carbocycles. The maximum Gasteiger partial charge on any atom is 0.291 e. The van der Waals surface area contributed by atoms with Crippen molar-refractivity contribution in [2.24, 2.45) is 7.05 Å². The number of halogens is 2. The number of nitrogen functional groups attached to an aromatic ring is 1. The normalized spacial score (nSPS) is 12.5. The lowest BCUT2D eigenvalue weighted by Gasteiger charge is -2.24. The molecule has 1 amide bonds. The molecule has 0 saturated carbocycles. The van der Waals surface area contributed by atoms with E-state index in [1.54, 1.807) is 19.0 Å². The van der Waals surface area contributed by atoms with Gasteiger partial charge >= 0.3 is 0 Å². The van der Waals surface area contributed by atoms with Gasteiger partial charge in [0.2, 0.25) is 11.8 Å². The smallest absolute Gasteiger partial charge is 0.291 e. The summed E-state index contributed by atoms with van der Waals surface area (Å²) in [5.41, 5.74) is 6.08. The van der Waals surface area contributed by atoms with Crippen LogP contribution in [0.2, 0.25) is 0 Å². The van der Waals surface area contributed by atoms with E-state index in [0.29, 0.717) is 25.1 Å². The number of fused-ring (bicyclic) bond motifs is 3. The van der Waals surface area contributed by atoms with Crippen molar-refractivity contribution in [3.63, 3.8) is 0 Å². The number of nitrogens with two attached hydrogens (primary N) is 1. The Morgan fingerprint density at radius 3 is 2.77 bits per heavy atom. The predicted molar refractivity (Wildman–Crippen MR) is 108 cm³/mol. The Labute approximate surface area is 175 Å². The number of amides is 1. The predicted octanol–water partition coefficient (Wildman–Crippen LogP) is 1.75. The molecule has 0 aliphatic heterocycles. The van der Waals surface area contributed by atoms with Gasteiger partial charge in [0.05, 0.1) is 5.39 Å². The minimum Gasteiger partial charge on any atom is -0.368 e. The maximum absolute atomic E-state index is 14.1. The minimum atomic E-state index is -0.807. The van der Waals surface area contributed by atoms with E-state index in [-0.39, 0.29) is 40.3 Å². The monoisotopic (exact) mass is 429 g/mol. The summed E-state index contributed by atoms with van der Waals surface area (Å²) >= 11 is 0. The van der Waals surface area contributed by atoms with Gasteiger partial charge in [0.15, 0.2) is 17.3 Å². The van der Waals surface area contributed by atoms with Crippen LogP contribution in [0.1, 0.15) is 36.2 Å². The number of aryl methyl sites for hydroxylation is 2. The Balaban J connectivity index is 1.48. The van der Waals surface area contributed by atoms with Crippen LogP contribution in [-0.4, -0.2) is 58.2 Å². The highest BCUT2D eigenvalue weighted by Crippen LogP contribution is 2.23. The quantitative estimate of drug-likeness (QED) is 0.496. The summed E-state index contributed by atoms with van der Waals surface area (Å²) in [5, 5.41) is 8.44. The highest BCUT2D eigenvalue weighted by atomic mass is 19.1. The summed E-state index contributed by atoms with van der Waals surface area (Å²) in [4.78, 5) is 26.5. The molecular weight excluding hydrogens is 408 g/mol. The third-order valence-electron chi connectivity index (χ3n) is 5.27. The standard InChI is InChI=1S/C19H21F2N9O/c1-10(28(2)18(31)17-23-9-24-29(17)3)5-4-6-14-25-16-12-7-11(20)8-13(21)15(12)26-19(22)30(16)27-14/h7-10H,4-6H2,1-3H3,(H2,22,26)/t10-/m0/s1. The molecule has 31 heavy (non-hydrogen) atoms. The van der Waals surface area contributed by atoms with Crippen LogP contribution in [0.5, 0.6) is 0 Å². The Hall–Kier alpha value is -3.70. The van der Waals surface area contributed by atoms with Crippen LogP contribution in [0, 0.1) is 11.6 Å². The zero-order valence-electron chi connectivity index (χ0n) is 17.2. The van der Waals surface area contributed by atoms with Gasteiger partial charge in [-0.25, -0.2) is 28.4 Å². The fourth-order valence-electron chi connectivity index (χ4n) is 3.40. The number of benzene rings is 1. The van der Waals surface area contributed by atoms with Gasteiger partial charge in [-0.05, 0) is 25.8 Å². The van der Waals surface area contributed by atoms with Crippen molar-refractivity contribution in [2.75, 3.05) is 12.8 Å². The first-order valence-electron chi connectivity index (χ1n) is 9.67. The summed E-state index contributed by atoms with van der Waals surface area (Å²) in [5.74, 6) is -1.04. The van der Waals surface area contributed by atoms with E-state index in [0.717, 1.165) is 12.1 Å². The largest absolute Gasteiger partial charge is 0.368 e. The summed E-state index contributed by atoms with van der Waals surface area (Å²) < 4.78 is 30.5. The van der Waals surface area contributed by atoms with Crippen molar-refractivity contribution in [3.05, 3.63) is 41.7 Å². The summed E-state index contributed by atoms with van der Waals surface area (Å²) in [6, 6.07) is 1.85. The minimum absolute atomic E-state index is 0.0332. The second-order valence-corrected chi connectivity index (χ2v) is 7.38. The maximum atomic E-state index is 14.1. The highest BCUT2D eigenvalue weighted by Gasteiger charge is 2.21. The molecule has 0 fully saturated rings. The van der Waals surface area contributed by atoms with E-state index < -0.39 is 11.6 Å². The number of aromatic nitrogens is 7. The molecular formula is C19H21F2N9O. The molecule has 2 N–H and O–H groups in total. The van der Waals surface area contributed by atoms with E-state index in [1.807, 2.05) is 6.92 Å². The van der Waals surface area contributed by atoms with Crippen molar-refractivity contribution in [2.45, 2.75) is 32.2 Å². The van der Waals surface area contributed by atoms with E-state index in [1.165, 1.54) is 15.5 Å². The van der Waals surface area contributed by atoms with Gasteiger partial charge in [0.25, 0.3) is 5.91 Å². The summed E-state index contributed by atoms with van der Waals surface area (Å²) in [6.07, 6.45) is 3.20. The number of hydrogen-bond donors (Lipinski definition) is 1. The van der Waals surface area contributed by atoms with Gasteiger partial charge in [0, 0.05) is 32.6 Å². The first-order valence-corrected chi connectivity index (χ1v) is 9.67. The molecule has 0 saturated heterocycles. The first kappa shape index (κ1) is 20.6. The van der Waals surface area contributed by atoms with Crippen LogP contribution in [0.3, 0.4) is 0 Å². The lowest BCUT2D eigenvalue weighted by atomic mass is 10.1. The number of carbonyl (C=O) groups is 1. The summed E-state index contributed by atoms with van der Waals surface area (Å²) in [7, 11) is 3.38. The molecule has 0 radical (unpaired) electrons. The average molecular weight is 429 g/mol. The fraction of sp³-hybridized carbons (Fsp3) is 0.368. The van der Waals surface area contributed by atoms with Crippen LogP contribution >= 0.6 is 0 Å². The van der Waals surface area contributed by atoms with Crippen LogP contribution in [-0.2, 0) is 13.5 Å². The average Bonchev–Trinajstić information content (AvgIpc) is 3.34. The first-order chi connectivity index (χ1) is 14.8. The number of rotatable bonds is 6. The number of anilines is 1. The van der Waals surface area contributed by atoms with Gasteiger partial charge in [-0.3, -0.25) is 4.79 Å². The second-order valence-electron chi connectivity index (χ2n) is 7.38. The lowest BCUT2D eigenvalue weighted by molar-refractivity contribution is 0.0718. The third-order valence-corrected chi connectivity index (χ3v) is 5.27. The molecule has 12 heteroatoms. The van der Waals surface area contributed by atoms with E-state index in [4.69, 9.17) is 5.73 Å². The molecule has 3 aromatic heterocycles. The Morgan fingerprint density at radius 1 is 1.29 bits per heavy atom. The Kier molecular flexibility index (Phi) is 5.21. The summed E-state index contributed by atoms with van der Waals surface area (Å²) in [6.45, 7) is 1.94. The van der Waals surface area contributed by atoms with E-state index in [9.17, 15) is 13.6 Å². The molecule has 1 aromatic carbocycles. The van der Waals surface area contributed by atoms with E-state index >= 15 is 0 Å². The Bertz CT molecular complexity index is 1280. The zero-order chi connectivity index (χ0) is 22.3. The van der Waals surface area contributed by atoms with Crippen molar-refractivity contribution < 1.29 is 13.6 Å². The zero-order valence-corrected chi connectivity index (χ0v) is 17.2. The van der Waals surface area contributed by atoms with Crippen molar-refractivity contribution in [1.82, 2.24) is 39.2 Å².